The highest BCUT2D eigenvalue weighted by Gasteiger charge is 2.41. The number of carbonyl (C=O) groups is 2. The number of carboxylic acids is 1. The largest absolute Gasteiger partial charge is 0.475 e. The summed E-state index contributed by atoms with van der Waals surface area (Å²) < 4.78 is 10.2. The Bertz CT molecular complexity index is 508. The van der Waals surface area contributed by atoms with Crippen molar-refractivity contribution in [3.05, 3.63) is 17.5 Å². The summed E-state index contributed by atoms with van der Waals surface area (Å²) >= 11 is 0. The molecule has 3 rings (SSSR count). The first kappa shape index (κ1) is 12.2. The van der Waals surface area contributed by atoms with E-state index in [4.69, 9.17) is 9.84 Å². The van der Waals surface area contributed by atoms with Crippen LogP contribution in [0.5, 0.6) is 0 Å². The Morgan fingerprint density at radius 1 is 1.37 bits per heavy atom. The van der Waals surface area contributed by atoms with Gasteiger partial charge < -0.3 is 19.7 Å². The number of rotatable bonds is 4. The number of amides is 1. The lowest BCUT2D eigenvalue weighted by atomic mass is 10.1. The van der Waals surface area contributed by atoms with Crippen LogP contribution in [0.3, 0.4) is 0 Å². The van der Waals surface area contributed by atoms with E-state index >= 15 is 0 Å². The molecule has 1 aromatic heterocycles. The first-order valence-electron chi connectivity index (χ1n) is 6.27. The van der Waals surface area contributed by atoms with Crippen molar-refractivity contribution in [1.29, 1.82) is 0 Å². The monoisotopic (exact) mass is 266 g/mol. The molecule has 2 heterocycles. The van der Waals surface area contributed by atoms with Crippen molar-refractivity contribution in [3.63, 3.8) is 0 Å². The molecule has 0 aromatic carbocycles. The summed E-state index contributed by atoms with van der Waals surface area (Å²) in [5.41, 5.74) is -0.0150. The van der Waals surface area contributed by atoms with Crippen molar-refractivity contribution < 1.29 is 24.0 Å². The minimum atomic E-state index is -1.24. The first-order valence-corrected chi connectivity index (χ1v) is 6.27. The molecule has 0 radical (unpaired) electrons. The number of nitrogens with one attached hydrogen (secondary N) is 1. The van der Waals surface area contributed by atoms with Gasteiger partial charge in [-0.05, 0) is 25.2 Å². The summed E-state index contributed by atoms with van der Waals surface area (Å²) in [6.45, 7) is 0.644. The number of hydrogen-bond donors (Lipinski definition) is 2. The maximum atomic E-state index is 11.9. The van der Waals surface area contributed by atoms with E-state index in [9.17, 15) is 9.59 Å². The molecule has 1 saturated carbocycles. The maximum Gasteiger partial charge on any atom is 0.374 e. The predicted molar refractivity (Wildman–Crippen MR) is 61.8 cm³/mol. The van der Waals surface area contributed by atoms with E-state index in [1.54, 1.807) is 0 Å². The summed E-state index contributed by atoms with van der Waals surface area (Å²) in [5.74, 6) is -1.46. The van der Waals surface area contributed by atoms with E-state index in [-0.39, 0.29) is 23.6 Å². The van der Waals surface area contributed by atoms with Gasteiger partial charge in [-0.15, -0.1) is 0 Å². The van der Waals surface area contributed by atoms with Gasteiger partial charge in [0.25, 0.3) is 5.91 Å². The lowest BCUT2D eigenvalue weighted by Crippen LogP contribution is -2.41. The van der Waals surface area contributed by atoms with Crippen molar-refractivity contribution in [1.82, 2.24) is 10.5 Å². The third-order valence-corrected chi connectivity index (χ3v) is 3.49. The average Bonchev–Trinajstić information content (AvgIpc) is 2.93. The summed E-state index contributed by atoms with van der Waals surface area (Å²) in [7, 11) is 0. The van der Waals surface area contributed by atoms with E-state index < -0.39 is 11.9 Å². The Morgan fingerprint density at radius 3 is 2.79 bits per heavy atom. The number of hydrogen-bond acceptors (Lipinski definition) is 5. The fourth-order valence-electron chi connectivity index (χ4n) is 2.38. The molecule has 19 heavy (non-hydrogen) atoms. The van der Waals surface area contributed by atoms with Gasteiger partial charge in [0, 0.05) is 12.7 Å². The van der Waals surface area contributed by atoms with E-state index in [0.29, 0.717) is 12.5 Å². The molecule has 0 spiro atoms. The lowest BCUT2D eigenvalue weighted by molar-refractivity contribution is 0.0650. The Hall–Kier alpha value is -1.89. The number of aromatic carboxylic acids is 1. The van der Waals surface area contributed by atoms with Gasteiger partial charge in [0.05, 0.1) is 12.1 Å². The molecule has 1 aliphatic carbocycles. The maximum absolute atomic E-state index is 11.9. The summed E-state index contributed by atoms with van der Waals surface area (Å²) in [5, 5.41) is 15.0. The topological polar surface area (TPSA) is 102 Å². The molecule has 2 aliphatic rings. The SMILES string of the molecule is O=C(NC1CCOC1C1CC1)c1cc(C(=O)O)on1. The number of carboxylic acid groups (broad SMARTS) is 1. The van der Waals surface area contributed by atoms with E-state index in [2.05, 4.69) is 15.0 Å². The van der Waals surface area contributed by atoms with Gasteiger partial charge in [0.2, 0.25) is 5.76 Å². The van der Waals surface area contributed by atoms with Gasteiger partial charge in [-0.1, -0.05) is 5.16 Å². The van der Waals surface area contributed by atoms with E-state index in [0.717, 1.165) is 25.3 Å². The van der Waals surface area contributed by atoms with Crippen LogP contribution in [0.2, 0.25) is 0 Å². The quantitative estimate of drug-likeness (QED) is 0.830. The molecule has 0 bridgehead atoms. The third kappa shape index (κ3) is 2.46. The standard InChI is InChI=1S/C12H14N2O5/c15-11(8-5-9(12(16)17)19-14-8)13-7-3-4-18-10(7)6-1-2-6/h5-7,10H,1-4H2,(H,13,15)(H,16,17). The van der Waals surface area contributed by atoms with Gasteiger partial charge in [0.15, 0.2) is 5.69 Å². The second kappa shape index (κ2) is 4.65. The molecule has 1 aromatic rings. The fraction of sp³-hybridized carbons (Fsp3) is 0.583. The molecule has 2 atom stereocenters. The average molecular weight is 266 g/mol. The van der Waals surface area contributed by atoms with Crippen molar-refractivity contribution in [2.75, 3.05) is 6.61 Å². The number of ether oxygens (including phenoxy) is 1. The number of aromatic nitrogens is 1. The van der Waals surface area contributed by atoms with Crippen LogP contribution in [-0.2, 0) is 4.74 Å². The molecule has 7 nitrogen and oxygen atoms in total. The van der Waals surface area contributed by atoms with Gasteiger partial charge in [0.1, 0.15) is 0 Å². The summed E-state index contributed by atoms with van der Waals surface area (Å²) in [6, 6.07) is 1.10. The Kier molecular flexibility index (Phi) is 2.98. The molecular formula is C12H14N2O5. The molecule has 7 heteroatoms. The highest BCUT2D eigenvalue weighted by molar-refractivity contribution is 5.95. The van der Waals surface area contributed by atoms with E-state index in [1.165, 1.54) is 0 Å². The molecule has 102 valence electrons. The molecule has 2 N–H and O–H groups in total. The van der Waals surface area contributed by atoms with Crippen LogP contribution in [0, 0.1) is 5.92 Å². The highest BCUT2D eigenvalue weighted by atomic mass is 16.5. The lowest BCUT2D eigenvalue weighted by Gasteiger charge is -2.18. The van der Waals surface area contributed by atoms with Gasteiger partial charge >= 0.3 is 5.97 Å². The number of carbonyl (C=O) groups excluding carboxylic acids is 1. The van der Waals surface area contributed by atoms with Crippen LogP contribution in [0.1, 0.15) is 40.3 Å². The number of nitrogens with zero attached hydrogens (tertiary/aromatic N) is 1. The predicted octanol–water partition coefficient (Wildman–Crippen LogP) is 0.670. The normalized spacial score (nSPS) is 26.3. The van der Waals surface area contributed by atoms with Gasteiger partial charge in [-0.3, -0.25) is 4.79 Å². The summed E-state index contributed by atoms with van der Waals surface area (Å²) in [6.07, 6.45) is 3.14. The highest BCUT2D eigenvalue weighted by Crippen LogP contribution is 2.38. The second-order valence-electron chi connectivity index (χ2n) is 4.92. The van der Waals surface area contributed by atoms with Crippen LogP contribution in [0.4, 0.5) is 0 Å². The van der Waals surface area contributed by atoms with Crippen LogP contribution < -0.4 is 5.32 Å². The Balaban J connectivity index is 1.65. The molecular weight excluding hydrogens is 252 g/mol. The zero-order valence-corrected chi connectivity index (χ0v) is 10.2. The van der Waals surface area contributed by atoms with E-state index in [1.807, 2.05) is 0 Å². The van der Waals surface area contributed by atoms with Crippen LogP contribution >= 0.6 is 0 Å². The minimum absolute atomic E-state index is 0.0150. The van der Waals surface area contributed by atoms with Gasteiger partial charge in [-0.25, -0.2) is 4.79 Å². The molecule has 1 saturated heterocycles. The second-order valence-corrected chi connectivity index (χ2v) is 4.92. The smallest absolute Gasteiger partial charge is 0.374 e. The Labute approximate surface area is 108 Å². The minimum Gasteiger partial charge on any atom is -0.475 e. The van der Waals surface area contributed by atoms with Crippen molar-refractivity contribution in [2.24, 2.45) is 5.92 Å². The van der Waals surface area contributed by atoms with Gasteiger partial charge in [-0.2, -0.15) is 0 Å². The van der Waals surface area contributed by atoms with Crippen LogP contribution in [0.15, 0.2) is 10.6 Å². The van der Waals surface area contributed by atoms with Crippen molar-refractivity contribution in [3.8, 4) is 0 Å². The fourth-order valence-corrected chi connectivity index (χ4v) is 2.38. The first-order chi connectivity index (χ1) is 9.15. The third-order valence-electron chi connectivity index (χ3n) is 3.49. The molecule has 1 aliphatic heterocycles. The zero-order chi connectivity index (χ0) is 13.4. The molecule has 2 fully saturated rings. The molecule has 1 amide bonds. The van der Waals surface area contributed by atoms with Crippen molar-refractivity contribution >= 4 is 11.9 Å². The van der Waals surface area contributed by atoms with Crippen molar-refractivity contribution in [2.45, 2.75) is 31.4 Å². The van der Waals surface area contributed by atoms with Crippen LogP contribution in [0.25, 0.3) is 0 Å². The summed E-state index contributed by atoms with van der Waals surface area (Å²) in [4.78, 5) is 22.6. The van der Waals surface area contributed by atoms with Crippen LogP contribution in [-0.4, -0.2) is 40.9 Å². The zero-order valence-electron chi connectivity index (χ0n) is 10.2. The molecule has 2 unspecified atom stereocenters. The Morgan fingerprint density at radius 2 is 2.16 bits per heavy atom.